The first-order valence-corrected chi connectivity index (χ1v) is 6.68. The van der Waals surface area contributed by atoms with Crippen molar-refractivity contribution in [3.05, 3.63) is 68.1 Å². The average Bonchev–Trinajstić information content (AvgIpc) is 2.43. The summed E-state index contributed by atoms with van der Waals surface area (Å²) in [7, 11) is 0. The van der Waals surface area contributed by atoms with Crippen molar-refractivity contribution in [2.24, 2.45) is 0 Å². The van der Waals surface area contributed by atoms with Crippen molar-refractivity contribution in [2.75, 3.05) is 5.73 Å². The van der Waals surface area contributed by atoms with E-state index in [2.05, 4.69) is 0 Å². The van der Waals surface area contributed by atoms with Gasteiger partial charge in [-0.05, 0) is 37.0 Å². The topological polar surface area (TPSA) is 91.2 Å². The lowest BCUT2D eigenvalue weighted by molar-refractivity contribution is -0.385. The van der Waals surface area contributed by atoms with E-state index in [1.165, 1.54) is 28.0 Å². The second-order valence-corrected chi connectivity index (χ2v) is 4.91. The molecule has 0 saturated heterocycles. The maximum Gasteiger partial charge on any atom is 0.356 e. The number of hydrogen-bond acceptors (Lipinski definition) is 4. The quantitative estimate of drug-likeness (QED) is 0.674. The van der Waals surface area contributed by atoms with Crippen molar-refractivity contribution < 1.29 is 4.92 Å². The normalized spacial score (nSPS) is 10.5. The van der Waals surface area contributed by atoms with Gasteiger partial charge in [0.1, 0.15) is 5.69 Å². The Hall–Kier alpha value is -2.63. The number of nitrogens with two attached hydrogens (primary N) is 1. The first-order chi connectivity index (χ1) is 10.0. The lowest BCUT2D eigenvalue weighted by Crippen LogP contribution is -2.23. The van der Waals surface area contributed by atoms with Crippen molar-refractivity contribution in [1.29, 1.82) is 0 Å². The minimum atomic E-state index is -0.727. The number of nitro groups is 1. The second-order valence-electron chi connectivity index (χ2n) is 4.91. The van der Waals surface area contributed by atoms with Crippen molar-refractivity contribution in [3.8, 4) is 0 Å². The molecule has 21 heavy (non-hydrogen) atoms. The van der Waals surface area contributed by atoms with Gasteiger partial charge in [0.05, 0.1) is 4.92 Å². The Balaban J connectivity index is 2.11. The highest BCUT2D eigenvalue weighted by atomic mass is 16.6. The third kappa shape index (κ3) is 3.28. The molecule has 1 heterocycles. The number of anilines is 1. The van der Waals surface area contributed by atoms with E-state index in [4.69, 9.17) is 5.73 Å². The Morgan fingerprint density at radius 3 is 2.67 bits per heavy atom. The van der Waals surface area contributed by atoms with E-state index in [-0.39, 0.29) is 5.69 Å². The highest BCUT2D eigenvalue weighted by molar-refractivity contribution is 5.55. The summed E-state index contributed by atoms with van der Waals surface area (Å²) in [5.41, 5.74) is 6.60. The molecule has 0 radical (unpaired) electrons. The van der Waals surface area contributed by atoms with E-state index in [9.17, 15) is 14.9 Å². The zero-order valence-corrected chi connectivity index (χ0v) is 11.8. The molecule has 0 aliphatic rings. The summed E-state index contributed by atoms with van der Waals surface area (Å²) in [5, 5.41) is 10.8. The molecule has 2 N–H and O–H groups in total. The van der Waals surface area contributed by atoms with E-state index in [0.29, 0.717) is 6.54 Å². The largest absolute Gasteiger partial charge is 0.393 e. The Kier molecular flexibility index (Phi) is 4.37. The van der Waals surface area contributed by atoms with Gasteiger partial charge in [-0.25, -0.2) is 0 Å². The minimum absolute atomic E-state index is 0.0971. The smallest absolute Gasteiger partial charge is 0.356 e. The van der Waals surface area contributed by atoms with Crippen LogP contribution >= 0.6 is 0 Å². The van der Waals surface area contributed by atoms with E-state index < -0.39 is 16.2 Å². The zero-order chi connectivity index (χ0) is 15.4. The van der Waals surface area contributed by atoms with E-state index in [1.807, 2.05) is 31.2 Å². The molecular weight excluding hydrogens is 270 g/mol. The monoisotopic (exact) mass is 287 g/mol. The van der Waals surface area contributed by atoms with Gasteiger partial charge in [0.15, 0.2) is 0 Å². The van der Waals surface area contributed by atoms with Gasteiger partial charge in [-0.15, -0.1) is 0 Å². The van der Waals surface area contributed by atoms with Crippen molar-refractivity contribution in [2.45, 2.75) is 26.3 Å². The van der Waals surface area contributed by atoms with Gasteiger partial charge >= 0.3 is 11.2 Å². The van der Waals surface area contributed by atoms with Crippen LogP contribution in [0.2, 0.25) is 0 Å². The number of pyridine rings is 1. The molecule has 6 heteroatoms. The van der Waals surface area contributed by atoms with E-state index >= 15 is 0 Å². The van der Waals surface area contributed by atoms with Crippen LogP contribution in [-0.4, -0.2) is 9.49 Å². The first-order valence-electron chi connectivity index (χ1n) is 6.68. The summed E-state index contributed by atoms with van der Waals surface area (Å²) in [5.74, 6) is 0. The molecule has 0 amide bonds. The predicted molar refractivity (Wildman–Crippen MR) is 81.3 cm³/mol. The molecular formula is C15H17N3O3. The van der Waals surface area contributed by atoms with Crippen LogP contribution in [0.4, 0.5) is 11.4 Å². The summed E-state index contributed by atoms with van der Waals surface area (Å²) < 4.78 is 1.34. The number of aromatic nitrogens is 1. The fourth-order valence-corrected chi connectivity index (χ4v) is 2.27. The van der Waals surface area contributed by atoms with Gasteiger partial charge in [0, 0.05) is 12.7 Å². The molecule has 0 spiro atoms. The van der Waals surface area contributed by atoms with Crippen molar-refractivity contribution in [1.82, 2.24) is 4.57 Å². The maximum atomic E-state index is 12.0. The molecule has 2 rings (SSSR count). The Bertz CT molecular complexity index is 722. The summed E-state index contributed by atoms with van der Waals surface area (Å²) in [4.78, 5) is 22.1. The van der Waals surface area contributed by atoms with Crippen LogP contribution in [0, 0.1) is 17.0 Å². The van der Waals surface area contributed by atoms with Crippen LogP contribution in [-0.2, 0) is 13.0 Å². The molecule has 110 valence electrons. The number of hydrogen-bond donors (Lipinski definition) is 1. The molecule has 0 aliphatic heterocycles. The highest BCUT2D eigenvalue weighted by Crippen LogP contribution is 2.15. The molecule has 0 unspecified atom stereocenters. The summed E-state index contributed by atoms with van der Waals surface area (Å²) in [6.45, 7) is 2.46. The SMILES string of the molecule is Cc1ccccc1CCCn1ccc(N)c([N+](=O)[O-])c1=O. The van der Waals surface area contributed by atoms with Crippen LogP contribution in [0.15, 0.2) is 41.3 Å². The van der Waals surface area contributed by atoms with Crippen LogP contribution in [0.5, 0.6) is 0 Å². The average molecular weight is 287 g/mol. The van der Waals surface area contributed by atoms with Crippen LogP contribution in [0.1, 0.15) is 17.5 Å². The fraction of sp³-hybridized carbons (Fsp3) is 0.267. The van der Waals surface area contributed by atoms with Gasteiger partial charge in [0.2, 0.25) is 0 Å². The maximum absolute atomic E-state index is 12.0. The zero-order valence-electron chi connectivity index (χ0n) is 11.8. The summed E-state index contributed by atoms with van der Waals surface area (Å²) in [6.07, 6.45) is 3.05. The van der Waals surface area contributed by atoms with Crippen molar-refractivity contribution >= 4 is 11.4 Å². The van der Waals surface area contributed by atoms with E-state index in [0.717, 1.165) is 12.8 Å². The number of nitrogens with zero attached hydrogens (tertiary/aromatic N) is 2. The van der Waals surface area contributed by atoms with E-state index in [1.54, 1.807) is 0 Å². The third-order valence-corrected chi connectivity index (χ3v) is 3.46. The van der Waals surface area contributed by atoms with Crippen LogP contribution in [0.25, 0.3) is 0 Å². The third-order valence-electron chi connectivity index (χ3n) is 3.46. The number of benzene rings is 1. The van der Waals surface area contributed by atoms with Gasteiger partial charge < -0.3 is 10.3 Å². The van der Waals surface area contributed by atoms with Gasteiger partial charge in [-0.3, -0.25) is 14.9 Å². The summed E-state index contributed by atoms with van der Waals surface area (Å²) in [6, 6.07) is 9.43. The van der Waals surface area contributed by atoms with Gasteiger partial charge in [-0.1, -0.05) is 24.3 Å². The lowest BCUT2D eigenvalue weighted by atomic mass is 10.0. The molecule has 0 aliphatic carbocycles. The van der Waals surface area contributed by atoms with Crippen LogP contribution in [0.3, 0.4) is 0 Å². The number of aryl methyl sites for hydroxylation is 3. The number of rotatable bonds is 5. The lowest BCUT2D eigenvalue weighted by Gasteiger charge is -2.08. The summed E-state index contributed by atoms with van der Waals surface area (Å²) >= 11 is 0. The Morgan fingerprint density at radius 1 is 1.29 bits per heavy atom. The first kappa shape index (κ1) is 14.8. The molecule has 2 aromatic rings. The molecule has 6 nitrogen and oxygen atoms in total. The molecule has 0 atom stereocenters. The van der Waals surface area contributed by atoms with Crippen LogP contribution < -0.4 is 11.3 Å². The number of nitrogen functional groups attached to an aromatic ring is 1. The molecule has 1 aromatic carbocycles. The minimum Gasteiger partial charge on any atom is -0.393 e. The Morgan fingerprint density at radius 2 is 2.00 bits per heavy atom. The Labute approximate surface area is 122 Å². The van der Waals surface area contributed by atoms with Crippen molar-refractivity contribution in [3.63, 3.8) is 0 Å². The molecule has 0 fully saturated rings. The highest BCUT2D eigenvalue weighted by Gasteiger charge is 2.18. The standard InChI is InChI=1S/C15H17N3O3/c1-11-5-2-3-6-12(11)7-4-9-17-10-8-13(16)14(15(17)19)18(20)21/h2-3,5-6,8,10H,4,7,9,16H2,1H3. The molecule has 1 aromatic heterocycles. The van der Waals surface area contributed by atoms with Gasteiger partial charge in [-0.2, -0.15) is 0 Å². The van der Waals surface area contributed by atoms with Gasteiger partial charge in [0.25, 0.3) is 0 Å². The second kappa shape index (κ2) is 6.21. The predicted octanol–water partition coefficient (Wildman–Crippen LogP) is 2.28. The fourth-order valence-electron chi connectivity index (χ4n) is 2.27. The molecule has 0 saturated carbocycles. The molecule has 0 bridgehead atoms.